The molecule has 0 amide bonds. The second-order valence-corrected chi connectivity index (χ2v) is 5.16. The van der Waals surface area contributed by atoms with Gasteiger partial charge in [-0.2, -0.15) is 4.98 Å². The number of carbonyl (C=O) groups is 1. The van der Waals surface area contributed by atoms with Crippen LogP contribution in [0.25, 0.3) is 0 Å². The molecule has 1 saturated carbocycles. The van der Waals surface area contributed by atoms with E-state index in [0.717, 1.165) is 38.7 Å². The Hall–Kier alpha value is -1.23. The zero-order valence-electron chi connectivity index (χ0n) is 10.4. The van der Waals surface area contributed by atoms with Crippen LogP contribution in [0.15, 0.2) is 4.52 Å². The third-order valence-electron chi connectivity index (χ3n) is 3.80. The van der Waals surface area contributed by atoms with E-state index in [1.807, 2.05) is 0 Å². The highest BCUT2D eigenvalue weighted by Crippen LogP contribution is 2.28. The van der Waals surface area contributed by atoms with Gasteiger partial charge in [-0.1, -0.05) is 11.6 Å². The summed E-state index contributed by atoms with van der Waals surface area (Å²) in [7, 11) is 0. The summed E-state index contributed by atoms with van der Waals surface area (Å²) in [5, 5.41) is 3.97. The van der Waals surface area contributed by atoms with Gasteiger partial charge in [-0.3, -0.25) is 4.79 Å². The van der Waals surface area contributed by atoms with Gasteiger partial charge in [-0.15, -0.1) is 0 Å². The summed E-state index contributed by atoms with van der Waals surface area (Å²) in [6, 6.07) is 0. The summed E-state index contributed by atoms with van der Waals surface area (Å²) < 4.78 is 10.7. The highest BCUT2D eigenvalue weighted by atomic mass is 16.5. The number of hydrogen-bond acceptors (Lipinski definition) is 5. The predicted octanol–water partition coefficient (Wildman–Crippen LogP) is 2.22. The molecular weight excluding hydrogens is 232 g/mol. The fourth-order valence-corrected chi connectivity index (χ4v) is 2.74. The molecule has 0 aromatic carbocycles. The zero-order valence-corrected chi connectivity index (χ0v) is 10.4. The average Bonchev–Trinajstić information content (AvgIpc) is 3.02. The van der Waals surface area contributed by atoms with Crippen molar-refractivity contribution in [1.29, 1.82) is 0 Å². The van der Waals surface area contributed by atoms with Gasteiger partial charge in [0.1, 0.15) is 11.9 Å². The largest absolute Gasteiger partial charge is 0.370 e. The van der Waals surface area contributed by atoms with Gasteiger partial charge in [0.2, 0.25) is 11.7 Å². The molecule has 1 aromatic heterocycles. The highest BCUT2D eigenvalue weighted by Gasteiger charge is 2.27. The SMILES string of the molecule is O=C1CCCCC1Cc1nc(C2CCCO2)no1. The van der Waals surface area contributed by atoms with Crippen LogP contribution in [0, 0.1) is 5.92 Å². The number of ketones is 1. The number of aromatic nitrogens is 2. The van der Waals surface area contributed by atoms with Crippen molar-refractivity contribution in [2.24, 2.45) is 5.92 Å². The van der Waals surface area contributed by atoms with Crippen molar-refractivity contribution in [3.05, 3.63) is 11.7 Å². The topological polar surface area (TPSA) is 65.2 Å². The van der Waals surface area contributed by atoms with Gasteiger partial charge in [-0.25, -0.2) is 0 Å². The Kier molecular flexibility index (Phi) is 3.41. The number of rotatable bonds is 3. The van der Waals surface area contributed by atoms with Crippen LogP contribution in [-0.4, -0.2) is 22.5 Å². The molecule has 2 fully saturated rings. The first-order valence-corrected chi connectivity index (χ1v) is 6.80. The number of hydrogen-bond donors (Lipinski definition) is 0. The van der Waals surface area contributed by atoms with Crippen LogP contribution in [-0.2, 0) is 16.0 Å². The van der Waals surface area contributed by atoms with Gasteiger partial charge in [0, 0.05) is 25.4 Å². The number of carbonyl (C=O) groups excluding carboxylic acids is 1. The van der Waals surface area contributed by atoms with Gasteiger partial charge < -0.3 is 9.26 Å². The van der Waals surface area contributed by atoms with Crippen LogP contribution in [0.3, 0.4) is 0 Å². The fraction of sp³-hybridized carbons (Fsp3) is 0.769. The van der Waals surface area contributed by atoms with Crippen molar-refractivity contribution in [1.82, 2.24) is 10.1 Å². The van der Waals surface area contributed by atoms with E-state index >= 15 is 0 Å². The van der Waals surface area contributed by atoms with Crippen molar-refractivity contribution in [3.8, 4) is 0 Å². The van der Waals surface area contributed by atoms with E-state index in [1.165, 1.54) is 0 Å². The molecule has 98 valence electrons. The zero-order chi connectivity index (χ0) is 12.4. The molecule has 1 saturated heterocycles. The van der Waals surface area contributed by atoms with Crippen LogP contribution in [0.5, 0.6) is 0 Å². The third-order valence-corrected chi connectivity index (χ3v) is 3.80. The van der Waals surface area contributed by atoms with Gasteiger partial charge in [0.15, 0.2) is 0 Å². The highest BCUT2D eigenvalue weighted by molar-refractivity contribution is 5.81. The Balaban J connectivity index is 1.64. The predicted molar refractivity (Wildman–Crippen MR) is 62.9 cm³/mol. The van der Waals surface area contributed by atoms with Crippen molar-refractivity contribution >= 4 is 5.78 Å². The van der Waals surface area contributed by atoms with Crippen molar-refractivity contribution < 1.29 is 14.1 Å². The van der Waals surface area contributed by atoms with Crippen molar-refractivity contribution in [2.75, 3.05) is 6.61 Å². The van der Waals surface area contributed by atoms with E-state index in [4.69, 9.17) is 9.26 Å². The molecule has 5 nitrogen and oxygen atoms in total. The van der Waals surface area contributed by atoms with Gasteiger partial charge >= 0.3 is 0 Å². The van der Waals surface area contributed by atoms with Crippen LogP contribution in [0.2, 0.25) is 0 Å². The molecule has 0 bridgehead atoms. The Morgan fingerprint density at radius 3 is 2.94 bits per heavy atom. The molecule has 1 aliphatic carbocycles. The van der Waals surface area contributed by atoms with Gasteiger partial charge in [0.25, 0.3) is 0 Å². The number of ether oxygens (including phenoxy) is 1. The molecule has 5 heteroatoms. The number of nitrogens with zero attached hydrogens (tertiary/aromatic N) is 2. The smallest absolute Gasteiger partial charge is 0.227 e. The maximum atomic E-state index is 11.7. The lowest BCUT2D eigenvalue weighted by Crippen LogP contribution is -2.21. The standard InChI is InChI=1S/C13H18N2O3/c16-10-5-2-1-4-9(10)8-12-14-13(15-18-12)11-6-3-7-17-11/h9,11H,1-8H2. The fourth-order valence-electron chi connectivity index (χ4n) is 2.74. The third kappa shape index (κ3) is 2.46. The summed E-state index contributed by atoms with van der Waals surface area (Å²) in [6.07, 6.45) is 6.41. The summed E-state index contributed by atoms with van der Waals surface area (Å²) in [5.41, 5.74) is 0. The van der Waals surface area contributed by atoms with E-state index in [2.05, 4.69) is 10.1 Å². The van der Waals surface area contributed by atoms with E-state index < -0.39 is 0 Å². The Bertz CT molecular complexity index is 424. The van der Waals surface area contributed by atoms with Crippen molar-refractivity contribution in [3.63, 3.8) is 0 Å². The van der Waals surface area contributed by atoms with E-state index in [-0.39, 0.29) is 12.0 Å². The quantitative estimate of drug-likeness (QED) is 0.823. The summed E-state index contributed by atoms with van der Waals surface area (Å²) >= 11 is 0. The molecule has 1 aliphatic heterocycles. The Morgan fingerprint density at radius 1 is 1.22 bits per heavy atom. The second kappa shape index (κ2) is 5.18. The first-order valence-electron chi connectivity index (χ1n) is 6.80. The summed E-state index contributed by atoms with van der Waals surface area (Å²) in [5.74, 6) is 1.65. The van der Waals surface area contributed by atoms with E-state index in [9.17, 15) is 4.79 Å². The molecule has 2 unspecified atom stereocenters. The average molecular weight is 250 g/mol. The van der Waals surface area contributed by atoms with Crippen LogP contribution >= 0.6 is 0 Å². The maximum Gasteiger partial charge on any atom is 0.227 e. The lowest BCUT2D eigenvalue weighted by molar-refractivity contribution is -0.124. The maximum absolute atomic E-state index is 11.7. The first kappa shape index (κ1) is 11.8. The van der Waals surface area contributed by atoms with Crippen LogP contribution in [0.4, 0.5) is 0 Å². The molecule has 2 atom stereocenters. The minimum absolute atomic E-state index is 0.00967. The van der Waals surface area contributed by atoms with Crippen LogP contribution < -0.4 is 0 Å². The van der Waals surface area contributed by atoms with Gasteiger partial charge in [0.05, 0.1) is 0 Å². The minimum Gasteiger partial charge on any atom is -0.370 e. The Morgan fingerprint density at radius 2 is 2.17 bits per heavy atom. The lowest BCUT2D eigenvalue weighted by atomic mass is 9.86. The van der Waals surface area contributed by atoms with E-state index in [1.54, 1.807) is 0 Å². The second-order valence-electron chi connectivity index (χ2n) is 5.16. The van der Waals surface area contributed by atoms with E-state index in [0.29, 0.717) is 30.3 Å². The summed E-state index contributed by atoms with van der Waals surface area (Å²) in [4.78, 5) is 16.1. The number of Topliss-reactive ketones (excluding diaryl/α,β-unsaturated/α-hetero) is 1. The molecule has 2 heterocycles. The van der Waals surface area contributed by atoms with Crippen molar-refractivity contribution in [2.45, 2.75) is 51.0 Å². The molecule has 3 rings (SSSR count). The van der Waals surface area contributed by atoms with Crippen LogP contribution in [0.1, 0.15) is 56.3 Å². The monoisotopic (exact) mass is 250 g/mol. The van der Waals surface area contributed by atoms with Gasteiger partial charge in [-0.05, 0) is 25.7 Å². The lowest BCUT2D eigenvalue weighted by Gasteiger charge is -2.18. The molecule has 0 N–H and O–H groups in total. The molecule has 2 aliphatic rings. The molecular formula is C13H18N2O3. The molecule has 18 heavy (non-hydrogen) atoms. The molecule has 0 radical (unpaired) electrons. The first-order chi connectivity index (χ1) is 8.83. The Labute approximate surface area is 106 Å². The minimum atomic E-state index is -0.00967. The molecule has 0 spiro atoms. The normalized spacial score (nSPS) is 28.8. The summed E-state index contributed by atoms with van der Waals surface area (Å²) in [6.45, 7) is 0.773. The molecule has 1 aromatic rings.